The zero-order chi connectivity index (χ0) is 17.6. The molecule has 3 rings (SSSR count). The summed E-state index contributed by atoms with van der Waals surface area (Å²) in [5, 5.41) is 4.32. The predicted octanol–water partition coefficient (Wildman–Crippen LogP) is 3.76. The van der Waals surface area contributed by atoms with E-state index in [9.17, 15) is 4.79 Å². The Morgan fingerprint density at radius 1 is 1.00 bits per heavy atom. The number of ketones is 1. The Morgan fingerprint density at radius 2 is 1.60 bits per heavy atom. The largest absolute Gasteiger partial charge is 0.497 e. The van der Waals surface area contributed by atoms with Crippen LogP contribution in [-0.2, 0) is 0 Å². The average molecular weight is 336 g/mol. The van der Waals surface area contributed by atoms with Crippen molar-refractivity contribution in [3.05, 3.63) is 78.1 Å². The van der Waals surface area contributed by atoms with Gasteiger partial charge in [-0.15, -0.1) is 0 Å². The SMILES string of the molecule is COc1ccc(C(=O)CC(c2ccc(OC)cc2)n2cccn2)cc1. The van der Waals surface area contributed by atoms with Crippen LogP contribution in [0.4, 0.5) is 0 Å². The quantitative estimate of drug-likeness (QED) is 0.617. The van der Waals surface area contributed by atoms with Crippen LogP contribution in [0.25, 0.3) is 0 Å². The van der Waals surface area contributed by atoms with Crippen molar-refractivity contribution in [2.24, 2.45) is 0 Å². The minimum Gasteiger partial charge on any atom is -0.497 e. The molecule has 3 aromatic rings. The monoisotopic (exact) mass is 336 g/mol. The second-order valence-electron chi connectivity index (χ2n) is 5.63. The third-order valence-corrected chi connectivity index (χ3v) is 4.14. The Balaban J connectivity index is 1.85. The Hall–Kier alpha value is -3.08. The lowest BCUT2D eigenvalue weighted by atomic mass is 9.98. The molecule has 0 radical (unpaired) electrons. The van der Waals surface area contributed by atoms with Gasteiger partial charge in [0.1, 0.15) is 11.5 Å². The Labute approximate surface area is 146 Å². The maximum Gasteiger partial charge on any atom is 0.165 e. The maximum atomic E-state index is 12.7. The van der Waals surface area contributed by atoms with Crippen LogP contribution >= 0.6 is 0 Å². The fourth-order valence-corrected chi connectivity index (χ4v) is 2.73. The summed E-state index contributed by atoms with van der Waals surface area (Å²) in [4.78, 5) is 12.7. The minimum absolute atomic E-state index is 0.0546. The number of hydrogen-bond acceptors (Lipinski definition) is 4. The highest BCUT2D eigenvalue weighted by Gasteiger charge is 2.19. The molecule has 0 saturated heterocycles. The van der Waals surface area contributed by atoms with E-state index in [2.05, 4.69) is 5.10 Å². The van der Waals surface area contributed by atoms with E-state index in [1.165, 1.54) is 0 Å². The molecule has 0 fully saturated rings. The van der Waals surface area contributed by atoms with E-state index in [0.29, 0.717) is 12.0 Å². The lowest BCUT2D eigenvalue weighted by molar-refractivity contribution is 0.0967. The number of methoxy groups -OCH3 is 2. The van der Waals surface area contributed by atoms with Gasteiger partial charge in [0.2, 0.25) is 0 Å². The molecule has 5 heteroatoms. The molecule has 1 unspecified atom stereocenters. The zero-order valence-corrected chi connectivity index (χ0v) is 14.3. The van der Waals surface area contributed by atoms with E-state index < -0.39 is 0 Å². The molecule has 0 spiro atoms. The van der Waals surface area contributed by atoms with Gasteiger partial charge in [0.05, 0.1) is 20.3 Å². The van der Waals surface area contributed by atoms with Crippen LogP contribution in [0, 0.1) is 0 Å². The first kappa shape index (κ1) is 16.8. The molecule has 0 N–H and O–H groups in total. The number of ether oxygens (including phenoxy) is 2. The molecule has 0 aliphatic carbocycles. The number of rotatable bonds is 7. The van der Waals surface area contributed by atoms with Gasteiger partial charge in [-0.3, -0.25) is 9.48 Å². The number of hydrogen-bond donors (Lipinski definition) is 0. The minimum atomic E-state index is -0.171. The summed E-state index contributed by atoms with van der Waals surface area (Å²) in [6.45, 7) is 0. The standard InChI is InChI=1S/C20H20N2O3/c1-24-17-8-4-15(5-9-17)19(22-13-3-12-21-22)14-20(23)16-6-10-18(25-2)11-7-16/h3-13,19H,14H2,1-2H3. The highest BCUT2D eigenvalue weighted by molar-refractivity contribution is 5.96. The van der Waals surface area contributed by atoms with E-state index in [1.54, 1.807) is 44.7 Å². The molecule has 0 amide bonds. The molecule has 0 aliphatic rings. The first-order chi connectivity index (χ1) is 12.2. The predicted molar refractivity (Wildman–Crippen MR) is 95.3 cm³/mol. The topological polar surface area (TPSA) is 53.4 Å². The molecule has 0 aliphatic heterocycles. The molecule has 0 bridgehead atoms. The fourth-order valence-electron chi connectivity index (χ4n) is 2.73. The highest BCUT2D eigenvalue weighted by Crippen LogP contribution is 2.26. The number of nitrogens with zero attached hydrogens (tertiary/aromatic N) is 2. The van der Waals surface area contributed by atoms with Gasteiger partial charge < -0.3 is 9.47 Å². The summed E-state index contributed by atoms with van der Waals surface area (Å²) < 4.78 is 12.2. The second-order valence-corrected chi connectivity index (χ2v) is 5.63. The van der Waals surface area contributed by atoms with Crippen molar-refractivity contribution >= 4 is 5.78 Å². The molecular formula is C20H20N2O3. The maximum absolute atomic E-state index is 12.7. The van der Waals surface area contributed by atoms with Crippen LogP contribution in [0.15, 0.2) is 67.0 Å². The van der Waals surface area contributed by atoms with E-state index in [4.69, 9.17) is 9.47 Å². The van der Waals surface area contributed by atoms with Crippen LogP contribution in [0.2, 0.25) is 0 Å². The smallest absolute Gasteiger partial charge is 0.165 e. The molecule has 0 saturated carbocycles. The highest BCUT2D eigenvalue weighted by atomic mass is 16.5. The molecule has 1 atom stereocenters. The summed E-state index contributed by atoms with van der Waals surface area (Å²) in [5.74, 6) is 1.57. The van der Waals surface area contributed by atoms with E-state index in [1.807, 2.05) is 41.2 Å². The van der Waals surface area contributed by atoms with Crippen molar-refractivity contribution in [2.45, 2.75) is 12.5 Å². The summed E-state index contributed by atoms with van der Waals surface area (Å²) >= 11 is 0. The Bertz CT molecular complexity index is 809. The van der Waals surface area contributed by atoms with Crippen LogP contribution in [-0.4, -0.2) is 29.8 Å². The van der Waals surface area contributed by atoms with E-state index >= 15 is 0 Å². The van der Waals surface area contributed by atoms with Crippen molar-refractivity contribution in [3.63, 3.8) is 0 Å². The number of carbonyl (C=O) groups is 1. The van der Waals surface area contributed by atoms with Crippen LogP contribution < -0.4 is 9.47 Å². The van der Waals surface area contributed by atoms with Gasteiger partial charge >= 0.3 is 0 Å². The zero-order valence-electron chi connectivity index (χ0n) is 14.3. The Kier molecular flexibility index (Phi) is 5.14. The number of carbonyl (C=O) groups excluding carboxylic acids is 1. The third kappa shape index (κ3) is 3.88. The first-order valence-corrected chi connectivity index (χ1v) is 8.01. The molecule has 5 nitrogen and oxygen atoms in total. The van der Waals surface area contributed by atoms with Crippen LogP contribution in [0.3, 0.4) is 0 Å². The third-order valence-electron chi connectivity index (χ3n) is 4.14. The van der Waals surface area contributed by atoms with Crippen molar-refractivity contribution < 1.29 is 14.3 Å². The van der Waals surface area contributed by atoms with Crippen LogP contribution in [0.5, 0.6) is 11.5 Å². The van der Waals surface area contributed by atoms with E-state index in [-0.39, 0.29) is 11.8 Å². The van der Waals surface area contributed by atoms with Gasteiger partial charge in [-0.1, -0.05) is 12.1 Å². The molecule has 25 heavy (non-hydrogen) atoms. The summed E-state index contributed by atoms with van der Waals surface area (Å²) in [6.07, 6.45) is 3.91. The number of aromatic nitrogens is 2. The molecule has 2 aromatic carbocycles. The normalized spacial score (nSPS) is 11.8. The van der Waals surface area contributed by atoms with Gasteiger partial charge in [0, 0.05) is 24.4 Å². The fraction of sp³-hybridized carbons (Fsp3) is 0.200. The van der Waals surface area contributed by atoms with Crippen molar-refractivity contribution in [2.75, 3.05) is 14.2 Å². The number of Topliss-reactive ketones (excluding diaryl/α,β-unsaturated/α-hetero) is 1. The summed E-state index contributed by atoms with van der Waals surface area (Å²) in [7, 11) is 3.24. The van der Waals surface area contributed by atoms with Gasteiger partial charge in [0.25, 0.3) is 0 Å². The van der Waals surface area contributed by atoms with Crippen LogP contribution in [0.1, 0.15) is 28.4 Å². The average Bonchev–Trinajstić information content (AvgIpc) is 3.20. The molecular weight excluding hydrogens is 316 g/mol. The van der Waals surface area contributed by atoms with Gasteiger partial charge in [-0.05, 0) is 48.0 Å². The number of benzene rings is 2. The van der Waals surface area contributed by atoms with Crippen molar-refractivity contribution in [1.82, 2.24) is 9.78 Å². The van der Waals surface area contributed by atoms with Crippen molar-refractivity contribution in [3.8, 4) is 11.5 Å². The van der Waals surface area contributed by atoms with Gasteiger partial charge in [-0.25, -0.2) is 0 Å². The summed E-state index contributed by atoms with van der Waals surface area (Å²) in [6, 6.07) is 16.6. The van der Waals surface area contributed by atoms with Crippen molar-refractivity contribution in [1.29, 1.82) is 0 Å². The second kappa shape index (κ2) is 7.66. The molecule has 1 heterocycles. The van der Waals surface area contributed by atoms with E-state index in [0.717, 1.165) is 17.1 Å². The molecule has 1 aromatic heterocycles. The first-order valence-electron chi connectivity index (χ1n) is 8.01. The molecule has 128 valence electrons. The lowest BCUT2D eigenvalue weighted by Gasteiger charge is -2.18. The van der Waals surface area contributed by atoms with Gasteiger partial charge in [-0.2, -0.15) is 5.10 Å². The Morgan fingerprint density at radius 3 is 2.12 bits per heavy atom. The van der Waals surface area contributed by atoms with Gasteiger partial charge in [0.15, 0.2) is 5.78 Å². The summed E-state index contributed by atoms with van der Waals surface area (Å²) in [5.41, 5.74) is 1.66. The lowest BCUT2D eigenvalue weighted by Crippen LogP contribution is -2.16.